The lowest BCUT2D eigenvalue weighted by molar-refractivity contribution is 0.296. The number of nitrogens with one attached hydrogen (secondary N) is 1. The minimum absolute atomic E-state index is 0.0151. The second-order valence-electron chi connectivity index (χ2n) is 4.46. The Kier molecular flexibility index (Phi) is 3.99. The van der Waals surface area contributed by atoms with Crippen LogP contribution in [0.3, 0.4) is 0 Å². The Balaban J connectivity index is 2.21. The predicted molar refractivity (Wildman–Crippen MR) is 67.2 cm³/mol. The zero-order chi connectivity index (χ0) is 13.2. The Bertz CT molecular complexity index is 495. The molecule has 1 aromatic carbocycles. The molecule has 0 saturated carbocycles. The van der Waals surface area contributed by atoms with Crippen LogP contribution in [0.25, 0.3) is 0 Å². The van der Waals surface area contributed by atoms with Gasteiger partial charge in [-0.1, -0.05) is 0 Å². The third-order valence-corrected chi connectivity index (χ3v) is 5.24. The van der Waals surface area contributed by atoms with E-state index in [9.17, 15) is 12.8 Å². The molecule has 1 aliphatic heterocycles. The van der Waals surface area contributed by atoms with E-state index in [-0.39, 0.29) is 10.9 Å². The molecule has 1 aliphatic rings. The summed E-state index contributed by atoms with van der Waals surface area (Å²) in [5.74, 6) is -0.432. The molecular weight excluding hydrogens is 255 g/mol. The van der Waals surface area contributed by atoms with Gasteiger partial charge in [0.1, 0.15) is 5.82 Å². The number of halogens is 1. The Morgan fingerprint density at radius 2 is 1.78 bits per heavy atom. The van der Waals surface area contributed by atoms with Gasteiger partial charge in [-0.2, -0.15) is 4.31 Å². The standard InChI is InChI=1S/C12H17FN2O2S/c1-15(11-6-8-14-9-7-11)18(16,17)12-4-2-10(13)3-5-12/h2-5,11,14H,6-9H2,1H3. The summed E-state index contributed by atoms with van der Waals surface area (Å²) >= 11 is 0. The molecule has 0 radical (unpaired) electrons. The highest BCUT2D eigenvalue weighted by Crippen LogP contribution is 2.20. The topological polar surface area (TPSA) is 49.4 Å². The van der Waals surface area contributed by atoms with Crippen LogP contribution >= 0.6 is 0 Å². The summed E-state index contributed by atoms with van der Waals surface area (Å²) in [6, 6.07) is 4.97. The van der Waals surface area contributed by atoms with Crippen molar-refractivity contribution in [2.45, 2.75) is 23.8 Å². The van der Waals surface area contributed by atoms with E-state index in [0.29, 0.717) is 0 Å². The van der Waals surface area contributed by atoms with Gasteiger partial charge in [-0.05, 0) is 50.2 Å². The number of hydrogen-bond acceptors (Lipinski definition) is 3. The smallest absolute Gasteiger partial charge is 0.243 e. The van der Waals surface area contributed by atoms with E-state index >= 15 is 0 Å². The zero-order valence-electron chi connectivity index (χ0n) is 10.3. The van der Waals surface area contributed by atoms with Crippen molar-refractivity contribution in [1.29, 1.82) is 0 Å². The molecule has 1 N–H and O–H groups in total. The fourth-order valence-corrected chi connectivity index (χ4v) is 3.56. The Hall–Kier alpha value is -0.980. The van der Waals surface area contributed by atoms with Gasteiger partial charge >= 0.3 is 0 Å². The summed E-state index contributed by atoms with van der Waals surface area (Å²) in [6.07, 6.45) is 1.61. The van der Waals surface area contributed by atoms with Crippen LogP contribution in [-0.2, 0) is 10.0 Å². The summed E-state index contributed by atoms with van der Waals surface area (Å²) in [7, 11) is -1.92. The van der Waals surface area contributed by atoms with Crippen molar-refractivity contribution < 1.29 is 12.8 Å². The van der Waals surface area contributed by atoms with Gasteiger partial charge in [0.2, 0.25) is 10.0 Å². The van der Waals surface area contributed by atoms with Gasteiger partial charge in [-0.3, -0.25) is 0 Å². The van der Waals surface area contributed by atoms with E-state index in [2.05, 4.69) is 5.32 Å². The van der Waals surface area contributed by atoms with Crippen LogP contribution in [0.5, 0.6) is 0 Å². The molecule has 18 heavy (non-hydrogen) atoms. The molecule has 1 aromatic rings. The van der Waals surface area contributed by atoms with E-state index in [0.717, 1.165) is 25.9 Å². The molecule has 0 atom stereocenters. The lowest BCUT2D eigenvalue weighted by Crippen LogP contribution is -2.43. The minimum atomic E-state index is -3.52. The van der Waals surface area contributed by atoms with Crippen molar-refractivity contribution >= 4 is 10.0 Å². The molecule has 1 fully saturated rings. The zero-order valence-corrected chi connectivity index (χ0v) is 11.1. The molecule has 2 rings (SSSR count). The predicted octanol–water partition coefficient (Wildman–Crippen LogP) is 1.20. The summed E-state index contributed by atoms with van der Waals surface area (Å²) in [4.78, 5) is 0.143. The first-order valence-corrected chi connectivity index (χ1v) is 7.40. The maximum absolute atomic E-state index is 12.8. The Morgan fingerprint density at radius 1 is 1.22 bits per heavy atom. The molecular formula is C12H17FN2O2S. The minimum Gasteiger partial charge on any atom is -0.317 e. The van der Waals surface area contributed by atoms with E-state index < -0.39 is 15.8 Å². The van der Waals surface area contributed by atoms with Gasteiger partial charge in [0.25, 0.3) is 0 Å². The molecule has 1 saturated heterocycles. The number of sulfonamides is 1. The molecule has 0 unspecified atom stereocenters. The van der Waals surface area contributed by atoms with Crippen LogP contribution in [0.4, 0.5) is 4.39 Å². The van der Waals surface area contributed by atoms with E-state index in [1.807, 2.05) is 0 Å². The number of rotatable bonds is 3. The summed E-state index contributed by atoms with van der Waals surface area (Å²) < 4.78 is 38.9. The van der Waals surface area contributed by atoms with Crippen molar-refractivity contribution in [3.05, 3.63) is 30.1 Å². The van der Waals surface area contributed by atoms with Gasteiger partial charge in [0.15, 0.2) is 0 Å². The van der Waals surface area contributed by atoms with E-state index in [1.54, 1.807) is 7.05 Å². The normalized spacial score (nSPS) is 18.2. The molecule has 0 amide bonds. The summed E-state index contributed by atoms with van der Waals surface area (Å²) in [6.45, 7) is 1.65. The van der Waals surface area contributed by atoms with Crippen molar-refractivity contribution in [3.63, 3.8) is 0 Å². The molecule has 0 bridgehead atoms. The van der Waals surface area contributed by atoms with Crippen molar-refractivity contribution in [1.82, 2.24) is 9.62 Å². The molecule has 0 spiro atoms. The van der Waals surface area contributed by atoms with Gasteiger partial charge in [0.05, 0.1) is 4.90 Å². The number of benzene rings is 1. The second-order valence-corrected chi connectivity index (χ2v) is 6.45. The molecule has 100 valence electrons. The number of piperidine rings is 1. The van der Waals surface area contributed by atoms with Crippen LogP contribution in [0.1, 0.15) is 12.8 Å². The molecule has 1 heterocycles. The van der Waals surface area contributed by atoms with Crippen LogP contribution in [-0.4, -0.2) is 38.9 Å². The van der Waals surface area contributed by atoms with Gasteiger partial charge in [0, 0.05) is 13.1 Å². The maximum atomic E-state index is 12.8. The molecule has 6 heteroatoms. The highest BCUT2D eigenvalue weighted by atomic mass is 32.2. The SMILES string of the molecule is CN(C1CCNCC1)S(=O)(=O)c1ccc(F)cc1. The number of hydrogen-bond donors (Lipinski definition) is 1. The highest BCUT2D eigenvalue weighted by Gasteiger charge is 2.28. The summed E-state index contributed by atoms with van der Waals surface area (Å²) in [5.41, 5.74) is 0. The van der Waals surface area contributed by atoms with Crippen molar-refractivity contribution in [2.24, 2.45) is 0 Å². The highest BCUT2D eigenvalue weighted by molar-refractivity contribution is 7.89. The molecule has 0 aliphatic carbocycles. The van der Waals surface area contributed by atoms with E-state index in [4.69, 9.17) is 0 Å². The van der Waals surface area contributed by atoms with Gasteiger partial charge in [-0.15, -0.1) is 0 Å². The molecule has 4 nitrogen and oxygen atoms in total. The quantitative estimate of drug-likeness (QED) is 0.899. The fourth-order valence-electron chi connectivity index (χ4n) is 2.14. The van der Waals surface area contributed by atoms with Crippen LogP contribution in [0.15, 0.2) is 29.2 Å². The number of nitrogens with zero attached hydrogens (tertiary/aromatic N) is 1. The molecule has 0 aromatic heterocycles. The second kappa shape index (κ2) is 5.34. The summed E-state index contributed by atoms with van der Waals surface area (Å²) in [5, 5.41) is 3.20. The van der Waals surface area contributed by atoms with Crippen molar-refractivity contribution in [3.8, 4) is 0 Å². The lowest BCUT2D eigenvalue weighted by atomic mass is 10.1. The Morgan fingerprint density at radius 3 is 2.33 bits per heavy atom. The lowest BCUT2D eigenvalue weighted by Gasteiger charge is -2.30. The first-order chi connectivity index (χ1) is 8.51. The van der Waals surface area contributed by atoms with Gasteiger partial charge < -0.3 is 5.32 Å². The fraction of sp³-hybridized carbons (Fsp3) is 0.500. The monoisotopic (exact) mass is 272 g/mol. The van der Waals surface area contributed by atoms with Crippen molar-refractivity contribution in [2.75, 3.05) is 20.1 Å². The van der Waals surface area contributed by atoms with Crippen LogP contribution in [0, 0.1) is 5.82 Å². The first kappa shape index (κ1) is 13.5. The van der Waals surface area contributed by atoms with Crippen LogP contribution < -0.4 is 5.32 Å². The third-order valence-electron chi connectivity index (χ3n) is 3.31. The first-order valence-electron chi connectivity index (χ1n) is 5.96. The van der Waals surface area contributed by atoms with Gasteiger partial charge in [-0.25, -0.2) is 12.8 Å². The Labute approximate surface area is 107 Å². The average Bonchev–Trinajstić information content (AvgIpc) is 2.39. The maximum Gasteiger partial charge on any atom is 0.243 e. The average molecular weight is 272 g/mol. The third kappa shape index (κ3) is 2.71. The largest absolute Gasteiger partial charge is 0.317 e. The van der Waals surface area contributed by atoms with Crippen LogP contribution in [0.2, 0.25) is 0 Å². The van der Waals surface area contributed by atoms with E-state index in [1.165, 1.54) is 28.6 Å².